The molecule has 0 fully saturated rings. The SMILES string of the molecule is CCOc1cccc2c1NCC(N)C2. The van der Waals surface area contributed by atoms with Crippen molar-refractivity contribution in [3.8, 4) is 5.75 Å². The zero-order valence-corrected chi connectivity index (χ0v) is 8.42. The average molecular weight is 192 g/mol. The molecule has 0 spiro atoms. The molecule has 3 heteroatoms. The van der Waals surface area contributed by atoms with Gasteiger partial charge in [0.25, 0.3) is 0 Å². The number of rotatable bonds is 2. The van der Waals surface area contributed by atoms with Crippen molar-refractivity contribution < 1.29 is 4.74 Å². The van der Waals surface area contributed by atoms with Gasteiger partial charge in [0.1, 0.15) is 5.75 Å². The Bertz CT molecular complexity index is 311. The summed E-state index contributed by atoms with van der Waals surface area (Å²) in [7, 11) is 0. The Morgan fingerprint density at radius 1 is 1.57 bits per heavy atom. The van der Waals surface area contributed by atoms with Crippen molar-refractivity contribution in [3.05, 3.63) is 23.8 Å². The fraction of sp³-hybridized carbons (Fsp3) is 0.455. The molecule has 0 bridgehead atoms. The molecule has 0 aromatic heterocycles. The summed E-state index contributed by atoms with van der Waals surface area (Å²) in [5.41, 5.74) is 8.25. The number of nitrogens with two attached hydrogens (primary N) is 1. The van der Waals surface area contributed by atoms with E-state index in [9.17, 15) is 0 Å². The highest BCUT2D eigenvalue weighted by Gasteiger charge is 2.17. The van der Waals surface area contributed by atoms with Crippen LogP contribution in [0.5, 0.6) is 5.75 Å². The highest BCUT2D eigenvalue weighted by atomic mass is 16.5. The van der Waals surface area contributed by atoms with E-state index in [2.05, 4.69) is 11.4 Å². The molecule has 1 aromatic rings. The third-order valence-corrected chi connectivity index (χ3v) is 2.44. The summed E-state index contributed by atoms with van der Waals surface area (Å²) in [5.74, 6) is 0.942. The maximum atomic E-state index is 5.87. The van der Waals surface area contributed by atoms with E-state index >= 15 is 0 Å². The zero-order chi connectivity index (χ0) is 9.97. The van der Waals surface area contributed by atoms with Gasteiger partial charge < -0.3 is 15.8 Å². The standard InChI is InChI=1S/C11H16N2O/c1-2-14-10-5-3-4-8-6-9(12)7-13-11(8)10/h3-5,9,13H,2,6-7,12H2,1H3. The number of benzene rings is 1. The Morgan fingerprint density at radius 3 is 3.21 bits per heavy atom. The van der Waals surface area contributed by atoms with Gasteiger partial charge in [-0.3, -0.25) is 0 Å². The predicted molar refractivity (Wildman–Crippen MR) is 57.8 cm³/mol. The Kier molecular flexibility index (Phi) is 2.59. The van der Waals surface area contributed by atoms with Crippen molar-refractivity contribution in [1.82, 2.24) is 0 Å². The maximum Gasteiger partial charge on any atom is 0.142 e. The number of nitrogens with one attached hydrogen (secondary N) is 1. The normalized spacial score (nSPS) is 19.7. The summed E-state index contributed by atoms with van der Waals surface area (Å²) in [6.45, 7) is 3.52. The third kappa shape index (κ3) is 1.68. The minimum atomic E-state index is 0.222. The summed E-state index contributed by atoms with van der Waals surface area (Å²) in [4.78, 5) is 0. The zero-order valence-electron chi connectivity index (χ0n) is 8.42. The van der Waals surface area contributed by atoms with Gasteiger partial charge in [-0.15, -0.1) is 0 Å². The molecular weight excluding hydrogens is 176 g/mol. The van der Waals surface area contributed by atoms with Crippen LogP contribution in [0.2, 0.25) is 0 Å². The predicted octanol–water partition coefficient (Wildman–Crippen LogP) is 1.38. The van der Waals surface area contributed by atoms with Crippen LogP contribution in [0.4, 0.5) is 5.69 Å². The van der Waals surface area contributed by atoms with Gasteiger partial charge in [0, 0.05) is 12.6 Å². The number of fused-ring (bicyclic) bond motifs is 1. The van der Waals surface area contributed by atoms with E-state index < -0.39 is 0 Å². The van der Waals surface area contributed by atoms with E-state index in [0.717, 1.165) is 24.4 Å². The molecule has 0 saturated heterocycles. The number of hydrogen-bond acceptors (Lipinski definition) is 3. The third-order valence-electron chi connectivity index (χ3n) is 2.44. The van der Waals surface area contributed by atoms with Crippen molar-refractivity contribution in [2.45, 2.75) is 19.4 Å². The lowest BCUT2D eigenvalue weighted by Gasteiger charge is -2.25. The number of hydrogen-bond donors (Lipinski definition) is 2. The molecule has 1 unspecified atom stereocenters. The van der Waals surface area contributed by atoms with Gasteiger partial charge in [-0.25, -0.2) is 0 Å². The van der Waals surface area contributed by atoms with Crippen LogP contribution >= 0.6 is 0 Å². The van der Waals surface area contributed by atoms with E-state index in [1.807, 2.05) is 19.1 Å². The van der Waals surface area contributed by atoms with Crippen LogP contribution in [0.1, 0.15) is 12.5 Å². The Morgan fingerprint density at radius 2 is 2.43 bits per heavy atom. The number of anilines is 1. The number of ether oxygens (including phenoxy) is 1. The van der Waals surface area contributed by atoms with Crippen molar-refractivity contribution >= 4 is 5.69 Å². The van der Waals surface area contributed by atoms with Gasteiger partial charge in [-0.2, -0.15) is 0 Å². The summed E-state index contributed by atoms with van der Waals surface area (Å²) in [6.07, 6.45) is 0.934. The smallest absolute Gasteiger partial charge is 0.142 e. The Labute approximate surface area is 84.3 Å². The van der Waals surface area contributed by atoms with Crippen molar-refractivity contribution in [1.29, 1.82) is 0 Å². The van der Waals surface area contributed by atoms with E-state index in [1.165, 1.54) is 5.56 Å². The Hall–Kier alpha value is -1.22. The van der Waals surface area contributed by atoms with Crippen LogP contribution in [-0.4, -0.2) is 19.2 Å². The van der Waals surface area contributed by atoms with Crippen LogP contribution in [0.3, 0.4) is 0 Å². The van der Waals surface area contributed by atoms with Crippen molar-refractivity contribution in [2.75, 3.05) is 18.5 Å². The molecule has 1 atom stereocenters. The quantitative estimate of drug-likeness (QED) is 0.744. The van der Waals surface area contributed by atoms with Gasteiger partial charge in [-0.1, -0.05) is 12.1 Å². The first-order valence-corrected chi connectivity index (χ1v) is 5.05. The highest BCUT2D eigenvalue weighted by molar-refractivity contribution is 5.63. The lowest BCUT2D eigenvalue weighted by Crippen LogP contribution is -2.35. The molecule has 3 nitrogen and oxygen atoms in total. The molecule has 14 heavy (non-hydrogen) atoms. The second-order valence-electron chi connectivity index (χ2n) is 3.57. The maximum absolute atomic E-state index is 5.87. The van der Waals surface area contributed by atoms with Crippen LogP contribution in [0, 0.1) is 0 Å². The molecule has 3 N–H and O–H groups in total. The minimum absolute atomic E-state index is 0.222. The summed E-state index contributed by atoms with van der Waals surface area (Å²) < 4.78 is 5.54. The molecule has 0 amide bonds. The molecule has 0 saturated carbocycles. The van der Waals surface area contributed by atoms with Gasteiger partial charge in [0.15, 0.2) is 0 Å². The van der Waals surface area contributed by atoms with Gasteiger partial charge in [0.2, 0.25) is 0 Å². The van der Waals surface area contributed by atoms with Crippen molar-refractivity contribution in [2.24, 2.45) is 5.73 Å². The average Bonchev–Trinajstić information content (AvgIpc) is 2.18. The first-order chi connectivity index (χ1) is 6.81. The minimum Gasteiger partial charge on any atom is -0.492 e. The van der Waals surface area contributed by atoms with Gasteiger partial charge in [-0.05, 0) is 25.0 Å². The fourth-order valence-corrected chi connectivity index (χ4v) is 1.81. The largest absolute Gasteiger partial charge is 0.492 e. The van der Waals surface area contributed by atoms with E-state index in [1.54, 1.807) is 0 Å². The van der Waals surface area contributed by atoms with Crippen LogP contribution in [-0.2, 0) is 6.42 Å². The van der Waals surface area contributed by atoms with Crippen LogP contribution < -0.4 is 15.8 Å². The van der Waals surface area contributed by atoms with Crippen molar-refractivity contribution in [3.63, 3.8) is 0 Å². The first-order valence-electron chi connectivity index (χ1n) is 5.05. The van der Waals surface area contributed by atoms with E-state index in [0.29, 0.717) is 6.61 Å². The molecule has 1 heterocycles. The first kappa shape index (κ1) is 9.34. The topological polar surface area (TPSA) is 47.3 Å². The van der Waals surface area contributed by atoms with Crippen LogP contribution in [0.25, 0.3) is 0 Å². The lowest BCUT2D eigenvalue weighted by molar-refractivity contribution is 0.341. The summed E-state index contributed by atoms with van der Waals surface area (Å²) in [6, 6.07) is 6.33. The fourth-order valence-electron chi connectivity index (χ4n) is 1.81. The lowest BCUT2D eigenvalue weighted by atomic mass is 10.00. The van der Waals surface area contributed by atoms with E-state index in [4.69, 9.17) is 10.5 Å². The second kappa shape index (κ2) is 3.88. The molecule has 76 valence electrons. The molecule has 0 aliphatic carbocycles. The molecule has 2 rings (SSSR count). The Balaban J connectivity index is 2.31. The molecule has 1 aliphatic heterocycles. The molecular formula is C11H16N2O. The van der Waals surface area contributed by atoms with Crippen LogP contribution in [0.15, 0.2) is 18.2 Å². The van der Waals surface area contributed by atoms with Gasteiger partial charge in [0.05, 0.1) is 12.3 Å². The molecule has 1 aromatic carbocycles. The summed E-state index contributed by atoms with van der Waals surface area (Å²) >= 11 is 0. The second-order valence-corrected chi connectivity index (χ2v) is 3.57. The monoisotopic (exact) mass is 192 g/mol. The molecule has 1 aliphatic rings. The number of para-hydroxylation sites is 1. The summed E-state index contributed by atoms with van der Waals surface area (Å²) in [5, 5.41) is 3.32. The highest BCUT2D eigenvalue weighted by Crippen LogP contribution is 2.31. The van der Waals surface area contributed by atoms with Gasteiger partial charge >= 0.3 is 0 Å². The molecule has 0 radical (unpaired) electrons. The van der Waals surface area contributed by atoms with E-state index in [-0.39, 0.29) is 6.04 Å².